The summed E-state index contributed by atoms with van der Waals surface area (Å²) >= 11 is 0. The van der Waals surface area contributed by atoms with Gasteiger partial charge in [-0.25, -0.2) is 0 Å². The molecule has 0 bridgehead atoms. The number of rotatable bonds is 7. The van der Waals surface area contributed by atoms with Crippen molar-refractivity contribution < 1.29 is 14.4 Å². The monoisotopic (exact) mass is 295 g/mol. The van der Waals surface area contributed by atoms with Crippen molar-refractivity contribution in [3.8, 4) is 0 Å². The molecule has 21 heavy (non-hydrogen) atoms. The quantitative estimate of drug-likeness (QED) is 0.671. The Morgan fingerprint density at radius 1 is 1.38 bits per heavy atom. The SMILES string of the molecule is CCCNC1(C(N)=O)CCCC1CCN1C(=O)CCC1=O. The Morgan fingerprint density at radius 2 is 2.05 bits per heavy atom. The molecule has 0 aromatic carbocycles. The smallest absolute Gasteiger partial charge is 0.238 e. The summed E-state index contributed by atoms with van der Waals surface area (Å²) in [5, 5.41) is 3.33. The molecular weight excluding hydrogens is 270 g/mol. The summed E-state index contributed by atoms with van der Waals surface area (Å²) in [5.74, 6) is -0.395. The molecule has 6 nitrogen and oxygen atoms in total. The van der Waals surface area contributed by atoms with Gasteiger partial charge in [-0.05, 0) is 38.1 Å². The second kappa shape index (κ2) is 6.56. The number of primary amides is 1. The standard InChI is InChI=1S/C15H25N3O3/c1-2-9-17-15(14(16)21)8-3-4-11(15)7-10-18-12(19)5-6-13(18)20/h11,17H,2-10H2,1H3,(H2,16,21). The van der Waals surface area contributed by atoms with Crippen LogP contribution in [0.2, 0.25) is 0 Å². The summed E-state index contributed by atoms with van der Waals surface area (Å²) in [6.45, 7) is 3.21. The first-order chi connectivity index (χ1) is 10.0. The second-order valence-corrected chi connectivity index (χ2v) is 6.08. The van der Waals surface area contributed by atoms with E-state index in [1.54, 1.807) is 0 Å². The number of hydrogen-bond acceptors (Lipinski definition) is 4. The molecule has 1 saturated heterocycles. The third-order valence-corrected chi connectivity index (χ3v) is 4.81. The minimum Gasteiger partial charge on any atom is -0.368 e. The van der Waals surface area contributed by atoms with E-state index in [4.69, 9.17) is 5.73 Å². The van der Waals surface area contributed by atoms with Crippen LogP contribution >= 0.6 is 0 Å². The van der Waals surface area contributed by atoms with E-state index < -0.39 is 5.54 Å². The van der Waals surface area contributed by atoms with Crippen LogP contribution in [0.5, 0.6) is 0 Å². The number of carbonyl (C=O) groups excluding carboxylic acids is 3. The van der Waals surface area contributed by atoms with Crippen molar-refractivity contribution in [2.45, 2.75) is 57.4 Å². The number of nitrogens with two attached hydrogens (primary N) is 1. The van der Waals surface area contributed by atoms with E-state index in [1.807, 2.05) is 6.92 Å². The predicted octanol–water partition coefficient (Wildman–Crippen LogP) is 0.549. The van der Waals surface area contributed by atoms with E-state index >= 15 is 0 Å². The Hall–Kier alpha value is -1.43. The zero-order chi connectivity index (χ0) is 15.5. The van der Waals surface area contributed by atoms with Crippen LogP contribution in [0, 0.1) is 5.92 Å². The van der Waals surface area contributed by atoms with E-state index in [0.717, 1.165) is 32.2 Å². The second-order valence-electron chi connectivity index (χ2n) is 6.08. The lowest BCUT2D eigenvalue weighted by atomic mass is 9.83. The molecule has 1 aliphatic heterocycles. The zero-order valence-electron chi connectivity index (χ0n) is 12.7. The van der Waals surface area contributed by atoms with Gasteiger partial charge in [-0.15, -0.1) is 0 Å². The molecule has 6 heteroatoms. The molecule has 1 aliphatic carbocycles. The average molecular weight is 295 g/mol. The number of imide groups is 1. The molecule has 2 rings (SSSR count). The third-order valence-electron chi connectivity index (χ3n) is 4.81. The first kappa shape index (κ1) is 15.9. The van der Waals surface area contributed by atoms with Crippen LogP contribution in [0.1, 0.15) is 51.9 Å². The van der Waals surface area contributed by atoms with Gasteiger partial charge in [0.1, 0.15) is 5.54 Å². The molecule has 3 N–H and O–H groups in total. The molecule has 0 radical (unpaired) electrons. The fourth-order valence-electron chi connectivity index (χ4n) is 3.62. The number of nitrogens with one attached hydrogen (secondary N) is 1. The van der Waals surface area contributed by atoms with Gasteiger partial charge in [0, 0.05) is 19.4 Å². The van der Waals surface area contributed by atoms with Crippen LogP contribution in [0.4, 0.5) is 0 Å². The van der Waals surface area contributed by atoms with Crippen LogP contribution in [-0.4, -0.2) is 41.2 Å². The summed E-state index contributed by atoms with van der Waals surface area (Å²) in [5.41, 5.74) is 4.99. The minimum absolute atomic E-state index is 0.0933. The molecule has 0 spiro atoms. The van der Waals surface area contributed by atoms with Crippen LogP contribution in [0.25, 0.3) is 0 Å². The molecule has 2 atom stereocenters. The summed E-state index contributed by atoms with van der Waals surface area (Å²) in [4.78, 5) is 36.6. The van der Waals surface area contributed by atoms with E-state index in [2.05, 4.69) is 5.32 Å². The zero-order valence-corrected chi connectivity index (χ0v) is 12.7. The van der Waals surface area contributed by atoms with E-state index in [9.17, 15) is 14.4 Å². The summed E-state index contributed by atoms with van der Waals surface area (Å²) in [7, 11) is 0. The van der Waals surface area contributed by atoms with Crippen molar-refractivity contribution >= 4 is 17.7 Å². The normalized spacial score (nSPS) is 29.4. The molecule has 118 valence electrons. The van der Waals surface area contributed by atoms with Crippen molar-refractivity contribution in [2.75, 3.05) is 13.1 Å². The fourth-order valence-corrected chi connectivity index (χ4v) is 3.62. The maximum Gasteiger partial charge on any atom is 0.238 e. The van der Waals surface area contributed by atoms with Gasteiger partial charge >= 0.3 is 0 Å². The summed E-state index contributed by atoms with van der Waals surface area (Å²) in [6, 6.07) is 0. The maximum absolute atomic E-state index is 12.0. The molecular formula is C15H25N3O3. The van der Waals surface area contributed by atoms with Crippen LogP contribution in [0.3, 0.4) is 0 Å². The molecule has 2 aliphatic rings. The first-order valence-electron chi connectivity index (χ1n) is 7.89. The Balaban J connectivity index is 2.01. The van der Waals surface area contributed by atoms with Crippen molar-refractivity contribution in [1.29, 1.82) is 0 Å². The average Bonchev–Trinajstić information content (AvgIpc) is 3.00. The molecule has 1 saturated carbocycles. The van der Waals surface area contributed by atoms with Gasteiger partial charge in [-0.1, -0.05) is 13.3 Å². The Labute approximate surface area is 125 Å². The van der Waals surface area contributed by atoms with Crippen molar-refractivity contribution in [1.82, 2.24) is 10.2 Å². The lowest BCUT2D eigenvalue weighted by molar-refractivity contribution is -0.138. The highest BCUT2D eigenvalue weighted by Crippen LogP contribution is 2.38. The number of hydrogen-bond donors (Lipinski definition) is 2. The molecule has 3 amide bonds. The highest BCUT2D eigenvalue weighted by Gasteiger charge is 2.47. The van der Waals surface area contributed by atoms with Gasteiger partial charge in [0.25, 0.3) is 0 Å². The van der Waals surface area contributed by atoms with E-state index in [-0.39, 0.29) is 23.6 Å². The van der Waals surface area contributed by atoms with Crippen molar-refractivity contribution in [3.63, 3.8) is 0 Å². The van der Waals surface area contributed by atoms with Crippen LogP contribution in [-0.2, 0) is 14.4 Å². The summed E-state index contributed by atoms with van der Waals surface area (Å²) in [6.07, 6.45) is 4.83. The van der Waals surface area contributed by atoms with Gasteiger partial charge in [-0.3, -0.25) is 19.3 Å². The predicted molar refractivity (Wildman–Crippen MR) is 78.1 cm³/mol. The minimum atomic E-state index is -0.665. The Morgan fingerprint density at radius 3 is 2.62 bits per heavy atom. The van der Waals surface area contributed by atoms with Gasteiger partial charge in [0.15, 0.2) is 0 Å². The molecule has 2 unspecified atom stereocenters. The number of nitrogens with zero attached hydrogens (tertiary/aromatic N) is 1. The first-order valence-corrected chi connectivity index (χ1v) is 7.89. The Kier molecular flexibility index (Phi) is 4.98. The number of amides is 3. The summed E-state index contributed by atoms with van der Waals surface area (Å²) < 4.78 is 0. The van der Waals surface area contributed by atoms with E-state index in [1.165, 1.54) is 4.90 Å². The van der Waals surface area contributed by atoms with Crippen LogP contribution < -0.4 is 11.1 Å². The lowest BCUT2D eigenvalue weighted by Crippen LogP contribution is -2.58. The lowest BCUT2D eigenvalue weighted by Gasteiger charge is -2.34. The molecule has 0 aromatic heterocycles. The van der Waals surface area contributed by atoms with Gasteiger partial charge in [-0.2, -0.15) is 0 Å². The highest BCUT2D eigenvalue weighted by molar-refractivity contribution is 6.01. The topological polar surface area (TPSA) is 92.5 Å². The third kappa shape index (κ3) is 3.10. The fraction of sp³-hybridized carbons (Fsp3) is 0.800. The van der Waals surface area contributed by atoms with Crippen molar-refractivity contribution in [3.05, 3.63) is 0 Å². The largest absolute Gasteiger partial charge is 0.368 e. The van der Waals surface area contributed by atoms with E-state index in [0.29, 0.717) is 25.8 Å². The molecule has 0 aromatic rings. The van der Waals surface area contributed by atoms with Crippen LogP contribution in [0.15, 0.2) is 0 Å². The van der Waals surface area contributed by atoms with Gasteiger partial charge < -0.3 is 11.1 Å². The van der Waals surface area contributed by atoms with Gasteiger partial charge in [0.05, 0.1) is 0 Å². The van der Waals surface area contributed by atoms with Crippen molar-refractivity contribution in [2.24, 2.45) is 11.7 Å². The van der Waals surface area contributed by atoms with Gasteiger partial charge in [0.2, 0.25) is 17.7 Å². The highest BCUT2D eigenvalue weighted by atomic mass is 16.2. The molecule has 2 fully saturated rings. The molecule has 1 heterocycles. The number of carbonyl (C=O) groups is 3. The maximum atomic E-state index is 12.0. The number of likely N-dealkylation sites (tertiary alicyclic amines) is 1. The Bertz CT molecular complexity index is 422.